The lowest BCUT2D eigenvalue weighted by Crippen LogP contribution is -2.16. The molecule has 74 valence electrons. The molecule has 0 aromatic rings. The van der Waals surface area contributed by atoms with Crippen molar-refractivity contribution >= 4 is 0 Å². The van der Waals surface area contributed by atoms with E-state index in [0.717, 1.165) is 5.92 Å². The quantitative estimate of drug-likeness (QED) is 0.553. The molecule has 0 unspecified atom stereocenters. The number of hydrogen-bond acceptors (Lipinski definition) is 1. The summed E-state index contributed by atoms with van der Waals surface area (Å²) >= 11 is 0. The van der Waals surface area contributed by atoms with Crippen molar-refractivity contribution in [2.24, 2.45) is 5.92 Å². The van der Waals surface area contributed by atoms with Crippen molar-refractivity contribution in [2.45, 2.75) is 52.9 Å². The summed E-state index contributed by atoms with van der Waals surface area (Å²) in [5.74, 6) is 0.929. The molecule has 1 heteroatoms. The van der Waals surface area contributed by atoms with Crippen molar-refractivity contribution < 1.29 is 0 Å². The van der Waals surface area contributed by atoms with Crippen LogP contribution in [0, 0.1) is 5.92 Å². The van der Waals surface area contributed by atoms with Gasteiger partial charge >= 0.3 is 0 Å². The molecule has 1 atom stereocenters. The molecule has 1 N–H and O–H groups in total. The second kappa shape index (κ2) is 9.05. The van der Waals surface area contributed by atoms with Gasteiger partial charge in [-0.2, -0.15) is 0 Å². The highest BCUT2D eigenvalue weighted by molar-refractivity contribution is 4.54. The first-order chi connectivity index (χ1) is 5.81. The standard InChI is InChI=1S/C11H25N/c1-4-7-11(3)8-6-10-12-9-5-2/h11-12H,4-10H2,1-3H3/t11-/m1/s1. The van der Waals surface area contributed by atoms with Crippen LogP contribution < -0.4 is 5.32 Å². The summed E-state index contributed by atoms with van der Waals surface area (Å²) in [6.07, 6.45) is 6.73. The summed E-state index contributed by atoms with van der Waals surface area (Å²) in [4.78, 5) is 0. The van der Waals surface area contributed by atoms with Crippen molar-refractivity contribution in [3.05, 3.63) is 0 Å². The fourth-order valence-corrected chi connectivity index (χ4v) is 1.51. The summed E-state index contributed by atoms with van der Waals surface area (Å²) in [5.41, 5.74) is 0. The minimum atomic E-state index is 0.929. The van der Waals surface area contributed by atoms with E-state index in [0.29, 0.717) is 0 Å². The molecular formula is C11H25N. The molecule has 0 heterocycles. The average Bonchev–Trinajstić information content (AvgIpc) is 2.05. The SMILES string of the molecule is CCCNCCC[C@H](C)CCC. The van der Waals surface area contributed by atoms with Gasteiger partial charge in [-0.25, -0.2) is 0 Å². The van der Waals surface area contributed by atoms with E-state index in [1.54, 1.807) is 0 Å². The minimum absolute atomic E-state index is 0.929. The molecule has 0 bridgehead atoms. The molecule has 0 radical (unpaired) electrons. The Hall–Kier alpha value is -0.0400. The molecule has 0 aliphatic rings. The third-order valence-corrected chi connectivity index (χ3v) is 2.26. The number of nitrogens with one attached hydrogen (secondary N) is 1. The van der Waals surface area contributed by atoms with Crippen LogP contribution in [-0.2, 0) is 0 Å². The fourth-order valence-electron chi connectivity index (χ4n) is 1.51. The van der Waals surface area contributed by atoms with Crippen molar-refractivity contribution in [1.29, 1.82) is 0 Å². The van der Waals surface area contributed by atoms with Gasteiger partial charge in [0.05, 0.1) is 0 Å². The Morgan fingerprint density at radius 2 is 1.75 bits per heavy atom. The van der Waals surface area contributed by atoms with Crippen molar-refractivity contribution in [2.75, 3.05) is 13.1 Å². The molecule has 0 rings (SSSR count). The Bertz CT molecular complexity index is 81.1. The van der Waals surface area contributed by atoms with Crippen molar-refractivity contribution in [1.82, 2.24) is 5.32 Å². The Morgan fingerprint density at radius 1 is 1.00 bits per heavy atom. The Morgan fingerprint density at radius 3 is 2.33 bits per heavy atom. The Kier molecular flexibility index (Phi) is 9.02. The van der Waals surface area contributed by atoms with Crippen LogP contribution in [0.25, 0.3) is 0 Å². The second-order valence-electron chi connectivity index (χ2n) is 3.79. The summed E-state index contributed by atoms with van der Waals surface area (Å²) in [6, 6.07) is 0. The van der Waals surface area contributed by atoms with Gasteiger partial charge in [-0.3, -0.25) is 0 Å². The zero-order valence-corrected chi connectivity index (χ0v) is 9.03. The topological polar surface area (TPSA) is 12.0 Å². The van der Waals surface area contributed by atoms with Gasteiger partial charge in [0.25, 0.3) is 0 Å². The van der Waals surface area contributed by atoms with Crippen LogP contribution in [0.1, 0.15) is 52.9 Å². The predicted octanol–water partition coefficient (Wildman–Crippen LogP) is 3.20. The van der Waals surface area contributed by atoms with E-state index in [9.17, 15) is 0 Å². The summed E-state index contributed by atoms with van der Waals surface area (Å²) < 4.78 is 0. The summed E-state index contributed by atoms with van der Waals surface area (Å²) in [5, 5.41) is 3.43. The lowest BCUT2D eigenvalue weighted by atomic mass is 10.0. The van der Waals surface area contributed by atoms with Gasteiger partial charge in [0, 0.05) is 0 Å². The number of hydrogen-bond donors (Lipinski definition) is 1. The monoisotopic (exact) mass is 171 g/mol. The van der Waals surface area contributed by atoms with Gasteiger partial charge in [0.2, 0.25) is 0 Å². The summed E-state index contributed by atoms with van der Waals surface area (Å²) in [6.45, 7) is 9.24. The van der Waals surface area contributed by atoms with E-state index in [4.69, 9.17) is 0 Å². The lowest BCUT2D eigenvalue weighted by Gasteiger charge is -2.09. The first-order valence-electron chi connectivity index (χ1n) is 5.52. The lowest BCUT2D eigenvalue weighted by molar-refractivity contribution is 0.459. The van der Waals surface area contributed by atoms with E-state index < -0.39 is 0 Å². The maximum atomic E-state index is 3.43. The molecular weight excluding hydrogens is 146 g/mol. The van der Waals surface area contributed by atoms with Crippen molar-refractivity contribution in [3.8, 4) is 0 Å². The Balaban J connectivity index is 2.97. The van der Waals surface area contributed by atoms with Gasteiger partial charge in [0.1, 0.15) is 0 Å². The van der Waals surface area contributed by atoms with E-state index >= 15 is 0 Å². The molecule has 0 aromatic carbocycles. The highest BCUT2D eigenvalue weighted by atomic mass is 14.8. The molecule has 0 aliphatic heterocycles. The zero-order valence-electron chi connectivity index (χ0n) is 9.03. The Labute approximate surface area is 77.9 Å². The zero-order chi connectivity index (χ0) is 9.23. The maximum absolute atomic E-state index is 3.43. The molecule has 0 fully saturated rings. The number of rotatable bonds is 8. The fraction of sp³-hybridized carbons (Fsp3) is 1.00. The van der Waals surface area contributed by atoms with E-state index in [2.05, 4.69) is 26.1 Å². The molecule has 0 saturated carbocycles. The van der Waals surface area contributed by atoms with Gasteiger partial charge in [-0.05, 0) is 38.3 Å². The van der Waals surface area contributed by atoms with Gasteiger partial charge in [0.15, 0.2) is 0 Å². The first-order valence-corrected chi connectivity index (χ1v) is 5.52. The van der Waals surface area contributed by atoms with Gasteiger partial charge in [-0.15, -0.1) is 0 Å². The first kappa shape index (κ1) is 12.0. The second-order valence-corrected chi connectivity index (χ2v) is 3.79. The highest BCUT2D eigenvalue weighted by Crippen LogP contribution is 2.11. The van der Waals surface area contributed by atoms with E-state index in [-0.39, 0.29) is 0 Å². The van der Waals surface area contributed by atoms with Crippen LogP contribution in [0.4, 0.5) is 0 Å². The van der Waals surface area contributed by atoms with E-state index in [1.807, 2.05) is 0 Å². The van der Waals surface area contributed by atoms with Crippen LogP contribution in [0.5, 0.6) is 0 Å². The van der Waals surface area contributed by atoms with Gasteiger partial charge < -0.3 is 5.32 Å². The van der Waals surface area contributed by atoms with Gasteiger partial charge in [-0.1, -0.05) is 33.6 Å². The van der Waals surface area contributed by atoms with Crippen LogP contribution in [-0.4, -0.2) is 13.1 Å². The molecule has 1 nitrogen and oxygen atoms in total. The molecule has 0 saturated heterocycles. The maximum Gasteiger partial charge on any atom is -0.00488 e. The van der Waals surface area contributed by atoms with Crippen LogP contribution in [0.2, 0.25) is 0 Å². The molecule has 0 aromatic heterocycles. The largest absolute Gasteiger partial charge is 0.317 e. The van der Waals surface area contributed by atoms with Crippen LogP contribution >= 0.6 is 0 Å². The van der Waals surface area contributed by atoms with Crippen LogP contribution in [0.15, 0.2) is 0 Å². The summed E-state index contributed by atoms with van der Waals surface area (Å²) in [7, 11) is 0. The predicted molar refractivity (Wildman–Crippen MR) is 56.5 cm³/mol. The minimum Gasteiger partial charge on any atom is -0.317 e. The third kappa shape index (κ3) is 8.06. The highest BCUT2D eigenvalue weighted by Gasteiger charge is 1.98. The third-order valence-electron chi connectivity index (χ3n) is 2.26. The van der Waals surface area contributed by atoms with Crippen molar-refractivity contribution in [3.63, 3.8) is 0 Å². The molecule has 12 heavy (non-hydrogen) atoms. The molecule has 0 spiro atoms. The smallest absolute Gasteiger partial charge is 0.00488 e. The average molecular weight is 171 g/mol. The molecule has 0 aliphatic carbocycles. The molecule has 0 amide bonds. The normalized spacial score (nSPS) is 13.2. The van der Waals surface area contributed by atoms with E-state index in [1.165, 1.54) is 45.2 Å². The van der Waals surface area contributed by atoms with Crippen LogP contribution in [0.3, 0.4) is 0 Å².